The van der Waals surface area contributed by atoms with E-state index in [9.17, 15) is 9.90 Å². The van der Waals surface area contributed by atoms with Crippen molar-refractivity contribution in [3.8, 4) is 22.6 Å². The molecule has 0 radical (unpaired) electrons. The van der Waals surface area contributed by atoms with Crippen LogP contribution in [0.3, 0.4) is 0 Å². The van der Waals surface area contributed by atoms with Crippen molar-refractivity contribution in [2.24, 2.45) is 0 Å². The summed E-state index contributed by atoms with van der Waals surface area (Å²) in [6.45, 7) is 0. The van der Waals surface area contributed by atoms with E-state index in [0.29, 0.717) is 11.1 Å². The first-order valence-electron chi connectivity index (χ1n) is 4.96. The van der Waals surface area contributed by atoms with Crippen molar-refractivity contribution in [2.75, 3.05) is 0 Å². The zero-order valence-electron chi connectivity index (χ0n) is 8.83. The van der Waals surface area contributed by atoms with E-state index in [1.165, 1.54) is 12.1 Å². The number of phenolic OH excluding ortho intramolecular Hbond substituents is 1. The van der Waals surface area contributed by atoms with Crippen molar-refractivity contribution >= 4 is 6.16 Å². The van der Waals surface area contributed by atoms with Crippen molar-refractivity contribution < 1.29 is 19.7 Å². The van der Waals surface area contributed by atoms with Crippen LogP contribution in [0.5, 0.6) is 11.5 Å². The number of ether oxygens (including phenoxy) is 1. The molecule has 0 aliphatic carbocycles. The van der Waals surface area contributed by atoms with Crippen LogP contribution in [0.25, 0.3) is 11.1 Å². The molecule has 0 bridgehead atoms. The fraction of sp³-hybridized carbons (Fsp3) is 0. The zero-order valence-corrected chi connectivity index (χ0v) is 8.83. The maximum absolute atomic E-state index is 10.6. The molecule has 4 heteroatoms. The van der Waals surface area contributed by atoms with Gasteiger partial charge in [0.05, 0.1) is 0 Å². The standard InChI is InChI=1S/C13H10O4/c14-11-7-3-1-5-9(11)10-6-2-4-8-12(10)17-13(15)16/h1-8,14H,(H,15,16). The minimum Gasteiger partial charge on any atom is -0.507 e. The molecule has 0 saturated carbocycles. The van der Waals surface area contributed by atoms with Gasteiger partial charge in [-0.05, 0) is 12.1 Å². The highest BCUT2D eigenvalue weighted by atomic mass is 16.7. The van der Waals surface area contributed by atoms with Crippen molar-refractivity contribution in [2.45, 2.75) is 0 Å². The van der Waals surface area contributed by atoms with Crippen LogP contribution in [0.15, 0.2) is 48.5 Å². The van der Waals surface area contributed by atoms with Crippen LogP contribution in [0.4, 0.5) is 4.79 Å². The van der Waals surface area contributed by atoms with Gasteiger partial charge in [0.25, 0.3) is 0 Å². The smallest absolute Gasteiger partial charge is 0.507 e. The fourth-order valence-electron chi connectivity index (χ4n) is 1.57. The van der Waals surface area contributed by atoms with Crippen molar-refractivity contribution in [3.63, 3.8) is 0 Å². The van der Waals surface area contributed by atoms with Crippen LogP contribution < -0.4 is 4.74 Å². The lowest BCUT2D eigenvalue weighted by molar-refractivity contribution is 0.144. The van der Waals surface area contributed by atoms with Gasteiger partial charge in [-0.2, -0.15) is 0 Å². The minimum absolute atomic E-state index is 0.0777. The lowest BCUT2D eigenvalue weighted by Crippen LogP contribution is -2.03. The Morgan fingerprint density at radius 2 is 1.53 bits per heavy atom. The van der Waals surface area contributed by atoms with Crippen LogP contribution in [-0.2, 0) is 0 Å². The Kier molecular flexibility index (Phi) is 2.96. The number of carbonyl (C=O) groups is 1. The summed E-state index contributed by atoms with van der Waals surface area (Å²) >= 11 is 0. The molecule has 0 spiro atoms. The quantitative estimate of drug-likeness (QED) is 0.614. The highest BCUT2D eigenvalue weighted by Crippen LogP contribution is 2.35. The molecule has 0 fully saturated rings. The number of hydrogen-bond donors (Lipinski definition) is 2. The molecule has 0 aromatic heterocycles. The van der Waals surface area contributed by atoms with Crippen LogP contribution in [0.1, 0.15) is 0 Å². The maximum Gasteiger partial charge on any atom is 0.511 e. The second-order valence-corrected chi connectivity index (χ2v) is 3.38. The molecule has 17 heavy (non-hydrogen) atoms. The second kappa shape index (κ2) is 4.57. The maximum atomic E-state index is 10.6. The number of benzene rings is 2. The molecule has 0 heterocycles. The van der Waals surface area contributed by atoms with Gasteiger partial charge in [0.15, 0.2) is 0 Å². The average molecular weight is 230 g/mol. The van der Waals surface area contributed by atoms with Gasteiger partial charge in [0.2, 0.25) is 0 Å². The number of carboxylic acid groups (broad SMARTS) is 1. The van der Waals surface area contributed by atoms with Crippen molar-refractivity contribution in [3.05, 3.63) is 48.5 Å². The summed E-state index contributed by atoms with van der Waals surface area (Å²) in [5.74, 6) is 0.274. The Balaban J connectivity index is 2.52. The highest BCUT2D eigenvalue weighted by Gasteiger charge is 2.11. The summed E-state index contributed by atoms with van der Waals surface area (Å²) in [7, 11) is 0. The van der Waals surface area contributed by atoms with Crippen LogP contribution in [0.2, 0.25) is 0 Å². The Hall–Kier alpha value is -2.49. The molecule has 2 aromatic rings. The van der Waals surface area contributed by atoms with E-state index >= 15 is 0 Å². The molecule has 2 rings (SSSR count). The number of para-hydroxylation sites is 2. The van der Waals surface area contributed by atoms with E-state index in [2.05, 4.69) is 4.74 Å². The number of aromatic hydroxyl groups is 1. The SMILES string of the molecule is O=C(O)Oc1ccccc1-c1ccccc1O. The molecular weight excluding hydrogens is 220 g/mol. The summed E-state index contributed by atoms with van der Waals surface area (Å²) in [5.41, 5.74) is 1.07. The largest absolute Gasteiger partial charge is 0.511 e. The average Bonchev–Trinajstić information content (AvgIpc) is 2.30. The molecule has 86 valence electrons. The molecule has 4 nitrogen and oxygen atoms in total. The molecular formula is C13H10O4. The molecule has 2 N–H and O–H groups in total. The molecule has 0 amide bonds. The third kappa shape index (κ3) is 2.36. The van der Waals surface area contributed by atoms with Crippen LogP contribution in [0, 0.1) is 0 Å². The third-order valence-electron chi connectivity index (χ3n) is 2.28. The summed E-state index contributed by atoms with van der Waals surface area (Å²) in [4.78, 5) is 10.6. The van der Waals surface area contributed by atoms with E-state index < -0.39 is 6.16 Å². The number of hydrogen-bond acceptors (Lipinski definition) is 3. The Bertz CT molecular complexity index is 549. The van der Waals surface area contributed by atoms with Gasteiger partial charge in [0.1, 0.15) is 11.5 Å². The second-order valence-electron chi connectivity index (χ2n) is 3.38. The zero-order chi connectivity index (χ0) is 12.3. The number of rotatable bonds is 2. The number of phenols is 1. The first kappa shape index (κ1) is 11.0. The minimum atomic E-state index is -1.38. The van der Waals surface area contributed by atoms with Crippen LogP contribution in [-0.4, -0.2) is 16.4 Å². The van der Waals surface area contributed by atoms with Crippen LogP contribution >= 0.6 is 0 Å². The Morgan fingerprint density at radius 1 is 0.941 bits per heavy atom. The van der Waals surface area contributed by atoms with Crippen molar-refractivity contribution in [1.29, 1.82) is 0 Å². The normalized spacial score (nSPS) is 9.88. The molecule has 0 aliphatic heterocycles. The van der Waals surface area contributed by atoms with Gasteiger partial charge in [0, 0.05) is 11.1 Å². The van der Waals surface area contributed by atoms with E-state index in [0.717, 1.165) is 0 Å². The predicted octanol–water partition coefficient (Wildman–Crippen LogP) is 3.12. The predicted molar refractivity (Wildman–Crippen MR) is 62.2 cm³/mol. The third-order valence-corrected chi connectivity index (χ3v) is 2.28. The van der Waals surface area contributed by atoms with E-state index in [-0.39, 0.29) is 11.5 Å². The molecule has 2 aromatic carbocycles. The van der Waals surface area contributed by atoms with Gasteiger partial charge in [-0.3, -0.25) is 0 Å². The molecule has 0 atom stereocenters. The Labute approximate surface area is 97.7 Å². The van der Waals surface area contributed by atoms with Gasteiger partial charge >= 0.3 is 6.16 Å². The van der Waals surface area contributed by atoms with Gasteiger partial charge in [-0.25, -0.2) is 4.79 Å². The van der Waals surface area contributed by atoms with Gasteiger partial charge < -0.3 is 14.9 Å². The van der Waals surface area contributed by atoms with E-state index in [4.69, 9.17) is 5.11 Å². The highest BCUT2D eigenvalue weighted by molar-refractivity contribution is 5.77. The fourth-order valence-corrected chi connectivity index (χ4v) is 1.57. The first-order chi connectivity index (χ1) is 8.18. The van der Waals surface area contributed by atoms with Crippen molar-refractivity contribution in [1.82, 2.24) is 0 Å². The Morgan fingerprint density at radius 3 is 2.18 bits per heavy atom. The van der Waals surface area contributed by atoms with E-state index in [1.807, 2.05) is 0 Å². The van der Waals surface area contributed by atoms with Gasteiger partial charge in [-0.1, -0.05) is 36.4 Å². The summed E-state index contributed by atoms with van der Waals surface area (Å²) in [6.07, 6.45) is -1.38. The summed E-state index contributed by atoms with van der Waals surface area (Å²) in [6, 6.07) is 13.3. The summed E-state index contributed by atoms with van der Waals surface area (Å²) < 4.78 is 4.66. The topological polar surface area (TPSA) is 66.8 Å². The monoisotopic (exact) mass is 230 g/mol. The lowest BCUT2D eigenvalue weighted by atomic mass is 10.0. The first-order valence-corrected chi connectivity index (χ1v) is 4.96. The lowest BCUT2D eigenvalue weighted by Gasteiger charge is -2.09. The van der Waals surface area contributed by atoms with E-state index in [1.54, 1.807) is 36.4 Å². The molecule has 0 saturated heterocycles. The molecule has 0 aliphatic rings. The molecule has 0 unspecified atom stereocenters. The van der Waals surface area contributed by atoms with Gasteiger partial charge in [-0.15, -0.1) is 0 Å². The summed E-state index contributed by atoms with van der Waals surface area (Å²) in [5, 5.41) is 18.3.